The first-order valence-electron chi connectivity index (χ1n) is 2.77. The van der Waals surface area contributed by atoms with Crippen molar-refractivity contribution in [3.8, 4) is 0 Å². The summed E-state index contributed by atoms with van der Waals surface area (Å²) in [4.78, 5) is 10.5. The van der Waals surface area contributed by atoms with Crippen molar-refractivity contribution in [2.75, 3.05) is 13.4 Å². The first-order valence-corrected chi connectivity index (χ1v) is 5.16. The Labute approximate surface area is 70.4 Å². The lowest BCUT2D eigenvalue weighted by atomic mass is 10.5. The summed E-state index contributed by atoms with van der Waals surface area (Å²) in [5, 5.41) is 0. The molecule has 11 heavy (non-hydrogen) atoms. The van der Waals surface area contributed by atoms with E-state index in [1.165, 1.54) is 7.11 Å². The summed E-state index contributed by atoms with van der Waals surface area (Å²) < 4.78 is 24.3. The highest BCUT2D eigenvalue weighted by atomic mass is 35.5. The second-order valence-corrected chi connectivity index (χ2v) is 5.03. The third kappa shape index (κ3) is 4.21. The molecule has 0 amide bonds. The number of alkyl halides is 1. The number of sulfone groups is 1. The Kier molecular flexibility index (Phi) is 3.82. The Bertz CT molecular complexity index is 233. The molecule has 0 rings (SSSR count). The van der Waals surface area contributed by atoms with Gasteiger partial charge in [0.25, 0.3) is 0 Å². The van der Waals surface area contributed by atoms with Crippen LogP contribution in [0.3, 0.4) is 0 Å². The van der Waals surface area contributed by atoms with Crippen LogP contribution in [0.1, 0.15) is 6.42 Å². The fraction of sp³-hybridized carbons (Fsp3) is 0.800. The van der Waals surface area contributed by atoms with Crippen molar-refractivity contribution in [1.82, 2.24) is 0 Å². The maximum absolute atomic E-state index is 10.6. The highest BCUT2D eigenvalue weighted by Gasteiger charge is 2.21. The van der Waals surface area contributed by atoms with Crippen LogP contribution in [-0.2, 0) is 19.4 Å². The normalized spacial score (nSPS) is 14.1. The second kappa shape index (κ2) is 3.92. The van der Waals surface area contributed by atoms with Crippen molar-refractivity contribution in [2.24, 2.45) is 0 Å². The van der Waals surface area contributed by atoms with Gasteiger partial charge in [-0.2, -0.15) is 0 Å². The molecule has 0 aliphatic carbocycles. The molecule has 0 aromatic heterocycles. The number of rotatable bonds is 3. The molecule has 6 heteroatoms. The Morgan fingerprint density at radius 2 is 2.09 bits per heavy atom. The lowest BCUT2D eigenvalue weighted by Crippen LogP contribution is -2.18. The van der Waals surface area contributed by atoms with E-state index in [-0.39, 0.29) is 6.42 Å². The van der Waals surface area contributed by atoms with E-state index in [1.807, 2.05) is 0 Å². The molecule has 0 radical (unpaired) electrons. The first-order chi connectivity index (χ1) is 4.88. The van der Waals surface area contributed by atoms with Crippen LogP contribution in [0.4, 0.5) is 0 Å². The highest BCUT2D eigenvalue weighted by molar-refractivity contribution is 7.92. The number of halogens is 1. The Balaban J connectivity index is 4.10. The highest BCUT2D eigenvalue weighted by Crippen LogP contribution is 2.09. The van der Waals surface area contributed by atoms with E-state index in [2.05, 4.69) is 4.74 Å². The van der Waals surface area contributed by atoms with Gasteiger partial charge in [-0.3, -0.25) is 4.79 Å². The molecule has 0 aromatic carbocycles. The fourth-order valence-corrected chi connectivity index (χ4v) is 0.931. The van der Waals surface area contributed by atoms with Crippen LogP contribution in [0, 0.1) is 0 Å². The third-order valence-electron chi connectivity index (χ3n) is 1.02. The van der Waals surface area contributed by atoms with E-state index < -0.39 is 20.5 Å². The minimum atomic E-state index is -3.34. The van der Waals surface area contributed by atoms with Gasteiger partial charge >= 0.3 is 5.97 Å². The van der Waals surface area contributed by atoms with Crippen molar-refractivity contribution < 1.29 is 17.9 Å². The van der Waals surface area contributed by atoms with Gasteiger partial charge in [0.2, 0.25) is 0 Å². The van der Waals surface area contributed by atoms with Gasteiger partial charge in [-0.05, 0) is 0 Å². The summed E-state index contributed by atoms with van der Waals surface area (Å²) in [5.41, 5.74) is 0. The zero-order valence-electron chi connectivity index (χ0n) is 6.20. The average molecular weight is 201 g/mol. The number of carbonyl (C=O) groups excluding carboxylic acids is 1. The van der Waals surface area contributed by atoms with Crippen LogP contribution < -0.4 is 0 Å². The van der Waals surface area contributed by atoms with Crippen molar-refractivity contribution in [3.05, 3.63) is 0 Å². The topological polar surface area (TPSA) is 60.4 Å². The zero-order chi connectivity index (χ0) is 9.07. The summed E-state index contributed by atoms with van der Waals surface area (Å²) in [5.74, 6) is -0.629. The van der Waals surface area contributed by atoms with Crippen molar-refractivity contribution in [2.45, 2.75) is 11.1 Å². The van der Waals surface area contributed by atoms with Crippen LogP contribution in [0.2, 0.25) is 0 Å². The quantitative estimate of drug-likeness (QED) is 0.481. The van der Waals surface area contributed by atoms with Crippen molar-refractivity contribution in [1.29, 1.82) is 0 Å². The molecular weight excluding hydrogens is 192 g/mol. The molecule has 0 saturated heterocycles. The molecule has 1 atom stereocenters. The lowest BCUT2D eigenvalue weighted by molar-refractivity contribution is -0.140. The molecule has 0 aromatic rings. The molecule has 66 valence electrons. The maximum atomic E-state index is 10.6. The molecule has 0 aliphatic heterocycles. The van der Waals surface area contributed by atoms with E-state index in [1.54, 1.807) is 0 Å². The minimum absolute atomic E-state index is 0.309. The monoisotopic (exact) mass is 200 g/mol. The van der Waals surface area contributed by atoms with Crippen LogP contribution in [-0.4, -0.2) is 32.5 Å². The van der Waals surface area contributed by atoms with Gasteiger partial charge in [0.15, 0.2) is 9.84 Å². The largest absolute Gasteiger partial charge is 0.469 e. The summed E-state index contributed by atoms with van der Waals surface area (Å²) in [6, 6.07) is 0. The van der Waals surface area contributed by atoms with Crippen molar-refractivity contribution in [3.63, 3.8) is 0 Å². The third-order valence-corrected chi connectivity index (χ3v) is 3.24. The number of esters is 1. The Morgan fingerprint density at radius 3 is 2.36 bits per heavy atom. The van der Waals surface area contributed by atoms with E-state index in [9.17, 15) is 13.2 Å². The van der Waals surface area contributed by atoms with Gasteiger partial charge in [0, 0.05) is 6.26 Å². The van der Waals surface area contributed by atoms with Crippen LogP contribution in [0.5, 0.6) is 0 Å². The van der Waals surface area contributed by atoms with Crippen LogP contribution in [0.25, 0.3) is 0 Å². The molecule has 0 saturated carbocycles. The average Bonchev–Trinajstić information content (AvgIpc) is 1.85. The summed E-state index contributed by atoms with van der Waals surface area (Å²) >= 11 is 5.34. The van der Waals surface area contributed by atoms with E-state index in [4.69, 9.17) is 11.6 Å². The molecule has 0 heterocycles. The van der Waals surface area contributed by atoms with Gasteiger partial charge in [-0.25, -0.2) is 8.42 Å². The Hall–Kier alpha value is -0.290. The lowest BCUT2D eigenvalue weighted by Gasteiger charge is -2.03. The van der Waals surface area contributed by atoms with Gasteiger partial charge in [0.1, 0.15) is 4.71 Å². The molecule has 0 N–H and O–H groups in total. The fourth-order valence-electron chi connectivity index (χ4n) is 0.366. The minimum Gasteiger partial charge on any atom is -0.469 e. The molecule has 4 nitrogen and oxygen atoms in total. The molecule has 0 spiro atoms. The maximum Gasteiger partial charge on any atom is 0.308 e. The van der Waals surface area contributed by atoms with Gasteiger partial charge in [0.05, 0.1) is 13.5 Å². The molecule has 0 aliphatic rings. The smallest absolute Gasteiger partial charge is 0.308 e. The van der Waals surface area contributed by atoms with Gasteiger partial charge in [-0.15, -0.1) is 11.6 Å². The van der Waals surface area contributed by atoms with Crippen LogP contribution in [0.15, 0.2) is 0 Å². The van der Waals surface area contributed by atoms with E-state index in [0.29, 0.717) is 0 Å². The SMILES string of the molecule is COC(=O)CC(Cl)S(C)(=O)=O. The molecule has 0 fully saturated rings. The molecule has 1 unspecified atom stereocenters. The molecule has 0 bridgehead atoms. The predicted octanol–water partition coefficient (Wildman–Crippen LogP) is 0.159. The van der Waals surface area contributed by atoms with Gasteiger partial charge < -0.3 is 4.74 Å². The zero-order valence-corrected chi connectivity index (χ0v) is 7.78. The number of carbonyl (C=O) groups is 1. The summed E-state index contributed by atoms with van der Waals surface area (Å²) in [7, 11) is -2.17. The second-order valence-electron chi connectivity index (χ2n) is 2.02. The standard InChI is InChI=1S/C5H9ClO4S/c1-10-5(7)3-4(6)11(2,8)9/h4H,3H2,1-2H3. The Morgan fingerprint density at radius 1 is 1.64 bits per heavy atom. The number of methoxy groups -OCH3 is 1. The number of hydrogen-bond acceptors (Lipinski definition) is 4. The van der Waals surface area contributed by atoms with E-state index >= 15 is 0 Å². The number of hydrogen-bond donors (Lipinski definition) is 0. The van der Waals surface area contributed by atoms with Crippen LogP contribution >= 0.6 is 11.6 Å². The van der Waals surface area contributed by atoms with Gasteiger partial charge in [-0.1, -0.05) is 0 Å². The van der Waals surface area contributed by atoms with Crippen molar-refractivity contribution >= 4 is 27.4 Å². The first kappa shape index (κ1) is 10.7. The summed E-state index contributed by atoms with van der Waals surface area (Å²) in [6.45, 7) is 0. The molecular formula is C5H9ClO4S. The van der Waals surface area contributed by atoms with E-state index in [0.717, 1.165) is 6.26 Å². The number of ether oxygens (including phenoxy) is 1. The summed E-state index contributed by atoms with van der Waals surface area (Å²) in [6.07, 6.45) is 0.657. The predicted molar refractivity (Wildman–Crippen MR) is 41.1 cm³/mol.